The van der Waals surface area contributed by atoms with Gasteiger partial charge in [0.15, 0.2) is 11.5 Å². The average molecular weight is 751 g/mol. The van der Waals surface area contributed by atoms with Gasteiger partial charge in [0.25, 0.3) is 0 Å². The zero-order valence-corrected chi connectivity index (χ0v) is 27.8. The number of phenolic OH excluding ortho intramolecular Hbond substituents is 1. The van der Waals surface area contributed by atoms with Crippen molar-refractivity contribution in [1.29, 1.82) is 0 Å². The minimum atomic E-state index is -0.896. The molecule has 6 atom stereocenters. The Labute approximate surface area is 280 Å². The first-order chi connectivity index (χ1) is 22.0. The first-order valence-corrected chi connectivity index (χ1v) is 16.9. The third-order valence-electron chi connectivity index (χ3n) is 10.0. The minimum absolute atomic E-state index is 0.0149. The Bertz CT molecular complexity index is 1470. The lowest BCUT2D eigenvalue weighted by Gasteiger charge is -2.44. The Morgan fingerprint density at radius 1 is 0.804 bits per heavy atom. The third-order valence-corrected chi connectivity index (χ3v) is 10.8. The first kappa shape index (κ1) is 33.9. The van der Waals surface area contributed by atoms with Crippen LogP contribution in [0.2, 0.25) is 0 Å². The van der Waals surface area contributed by atoms with Crippen molar-refractivity contribution in [2.75, 3.05) is 20.2 Å². The fourth-order valence-corrected chi connectivity index (χ4v) is 8.53. The van der Waals surface area contributed by atoms with Crippen LogP contribution in [-0.2, 0) is 28.8 Å². The average Bonchev–Trinajstić information content (AvgIpc) is 3.40. The molecule has 0 bridgehead atoms. The Hall–Kier alpha value is -3.49. The number of hydrogen-bond acceptors (Lipinski definition) is 8. The maximum atomic E-state index is 14.0. The first-order valence-electron chi connectivity index (χ1n) is 15.9. The van der Waals surface area contributed by atoms with E-state index in [1.165, 1.54) is 16.9 Å². The molecule has 4 aliphatic rings. The molecule has 2 saturated heterocycles. The maximum Gasteiger partial charge on any atom is 0.303 e. The summed E-state index contributed by atoms with van der Waals surface area (Å²) in [7, 11) is 1.43. The molecule has 46 heavy (non-hydrogen) atoms. The number of carboxylic acids is 2. The molecule has 3 fully saturated rings. The maximum absolute atomic E-state index is 14.0. The highest BCUT2D eigenvalue weighted by atomic mass is 127. The van der Waals surface area contributed by atoms with Gasteiger partial charge in [-0.15, -0.1) is 0 Å². The van der Waals surface area contributed by atoms with Crippen LogP contribution in [0.1, 0.15) is 75.7 Å². The van der Waals surface area contributed by atoms with Gasteiger partial charge in [-0.1, -0.05) is 24.5 Å². The topological polar surface area (TPSA) is 179 Å². The van der Waals surface area contributed by atoms with Gasteiger partial charge < -0.3 is 20.1 Å². The number of amides is 4. The molecular weight excluding hydrogens is 711 g/mol. The molecule has 0 radical (unpaired) electrons. The van der Waals surface area contributed by atoms with Gasteiger partial charge in [-0.3, -0.25) is 38.6 Å². The quantitative estimate of drug-likeness (QED) is 0.109. The zero-order valence-electron chi connectivity index (χ0n) is 25.7. The Kier molecular flexibility index (Phi) is 10.4. The van der Waals surface area contributed by atoms with Gasteiger partial charge in [0.05, 0.1) is 34.4 Å². The summed E-state index contributed by atoms with van der Waals surface area (Å²) < 4.78 is 5.94. The van der Waals surface area contributed by atoms with Gasteiger partial charge in [0.2, 0.25) is 23.6 Å². The van der Waals surface area contributed by atoms with Crippen LogP contribution in [0, 0.1) is 33.2 Å². The second-order valence-electron chi connectivity index (χ2n) is 12.6. The number of hydrogen-bond donors (Lipinski definition) is 3. The molecule has 12 nitrogen and oxygen atoms in total. The van der Waals surface area contributed by atoms with Crippen molar-refractivity contribution in [3.05, 3.63) is 32.9 Å². The van der Waals surface area contributed by atoms with Gasteiger partial charge >= 0.3 is 11.9 Å². The lowest BCUT2D eigenvalue weighted by molar-refractivity contribution is -0.142. The highest BCUT2D eigenvalue weighted by molar-refractivity contribution is 14.1. The van der Waals surface area contributed by atoms with E-state index < -0.39 is 47.4 Å². The number of nitrogens with zero attached hydrogens (tertiary/aromatic N) is 2. The molecular formula is C33H39IN2O10. The van der Waals surface area contributed by atoms with E-state index >= 15 is 0 Å². The van der Waals surface area contributed by atoms with Gasteiger partial charge in [-0.25, -0.2) is 0 Å². The van der Waals surface area contributed by atoms with Crippen molar-refractivity contribution >= 4 is 58.2 Å². The molecule has 2 aliphatic heterocycles. The van der Waals surface area contributed by atoms with E-state index in [4.69, 9.17) is 14.9 Å². The minimum Gasteiger partial charge on any atom is -0.504 e. The molecule has 1 aromatic rings. The highest BCUT2D eigenvalue weighted by Crippen LogP contribution is 2.58. The number of fused-ring (bicyclic) bond motifs is 4. The van der Waals surface area contributed by atoms with Gasteiger partial charge in [0.1, 0.15) is 0 Å². The van der Waals surface area contributed by atoms with Crippen molar-refractivity contribution in [3.8, 4) is 11.5 Å². The van der Waals surface area contributed by atoms with E-state index in [0.29, 0.717) is 54.1 Å². The number of allylic oxidation sites excluding steroid dienone is 2. The fourth-order valence-electron chi connectivity index (χ4n) is 7.91. The number of phenols is 1. The molecule has 13 heteroatoms. The van der Waals surface area contributed by atoms with Crippen molar-refractivity contribution in [3.63, 3.8) is 0 Å². The highest BCUT2D eigenvalue weighted by Gasteiger charge is 2.61. The Morgan fingerprint density at radius 3 is 1.93 bits per heavy atom. The number of benzene rings is 1. The molecule has 248 valence electrons. The van der Waals surface area contributed by atoms with Crippen LogP contribution in [0.25, 0.3) is 0 Å². The molecule has 0 aromatic heterocycles. The molecule has 5 rings (SSSR count). The second-order valence-corrected chi connectivity index (χ2v) is 13.8. The normalized spacial score (nSPS) is 27.0. The van der Waals surface area contributed by atoms with E-state index in [0.717, 1.165) is 5.57 Å². The smallest absolute Gasteiger partial charge is 0.303 e. The van der Waals surface area contributed by atoms with Crippen LogP contribution in [0.4, 0.5) is 0 Å². The van der Waals surface area contributed by atoms with Crippen LogP contribution in [-0.4, -0.2) is 80.9 Å². The number of carbonyl (C=O) groups excluding carboxylic acids is 4. The van der Waals surface area contributed by atoms with Crippen LogP contribution in [0.5, 0.6) is 11.5 Å². The largest absolute Gasteiger partial charge is 0.504 e. The molecule has 3 N–H and O–H groups in total. The third kappa shape index (κ3) is 6.39. The number of aromatic hydroxyl groups is 1. The summed E-state index contributed by atoms with van der Waals surface area (Å²) in [5.74, 6) is -6.44. The van der Waals surface area contributed by atoms with E-state index in [2.05, 4.69) is 0 Å². The summed E-state index contributed by atoms with van der Waals surface area (Å²) in [5.41, 5.74) is 1.53. The zero-order chi connectivity index (χ0) is 33.3. The molecule has 1 saturated carbocycles. The molecule has 0 unspecified atom stereocenters. The molecule has 1 aromatic carbocycles. The van der Waals surface area contributed by atoms with Crippen LogP contribution >= 0.6 is 22.6 Å². The molecule has 0 spiro atoms. The summed E-state index contributed by atoms with van der Waals surface area (Å²) in [6, 6.07) is 3.44. The number of unbranched alkanes of at least 4 members (excludes halogenated alkanes) is 4. The standard InChI is InChI=1S/C33H39IN2O10/c1-46-23-15-17(14-22(34)29(23)41)26-18-10-11-19-27(32(44)35(30(19)42)12-6-2-4-8-24(37)38)20(18)16-21-28(26)33(45)36(31(21)43)13-7-3-5-9-25(39)40/h10,14-15,19-21,26-28,41H,2-9,11-13,16H2,1H3,(H,37,38)(H,39,40)/t19-,20+,21+,26-,27-,28+/m0/s1. The number of carbonyl (C=O) groups is 6. The summed E-state index contributed by atoms with van der Waals surface area (Å²) >= 11 is 1.99. The Balaban J connectivity index is 1.45. The number of imide groups is 2. The van der Waals surface area contributed by atoms with E-state index in [-0.39, 0.29) is 67.5 Å². The lowest BCUT2D eigenvalue weighted by Crippen LogP contribution is -2.43. The number of ether oxygens (including phenoxy) is 1. The lowest BCUT2D eigenvalue weighted by atomic mass is 9.57. The number of likely N-dealkylation sites (tertiary alicyclic amines) is 2. The van der Waals surface area contributed by atoms with Crippen molar-refractivity contribution in [1.82, 2.24) is 9.80 Å². The van der Waals surface area contributed by atoms with Crippen molar-refractivity contribution in [2.24, 2.45) is 29.6 Å². The summed E-state index contributed by atoms with van der Waals surface area (Å²) in [6.07, 6.45) is 5.59. The predicted molar refractivity (Wildman–Crippen MR) is 171 cm³/mol. The summed E-state index contributed by atoms with van der Waals surface area (Å²) in [6.45, 7) is 0.387. The van der Waals surface area contributed by atoms with Crippen molar-refractivity contribution in [2.45, 2.75) is 70.1 Å². The van der Waals surface area contributed by atoms with Crippen molar-refractivity contribution < 1.29 is 48.8 Å². The molecule has 2 heterocycles. The van der Waals surface area contributed by atoms with Crippen LogP contribution < -0.4 is 4.74 Å². The SMILES string of the molecule is COc1cc([C@H]2C3=CC[C@@H]4C(=O)N(CCCCCC(=O)O)C(=O)[C@@H]4[C@@H]3C[C@H]3C(=O)N(CCCCCC(=O)O)C(=O)[C@@H]23)cc(I)c1O. The number of rotatable bonds is 14. The van der Waals surface area contributed by atoms with Gasteiger partial charge in [-0.05, 0) is 84.7 Å². The predicted octanol–water partition coefficient (Wildman–Crippen LogP) is 3.93. The Morgan fingerprint density at radius 2 is 1.37 bits per heavy atom. The number of methoxy groups -OCH3 is 1. The van der Waals surface area contributed by atoms with E-state index in [1.807, 2.05) is 28.7 Å². The van der Waals surface area contributed by atoms with Gasteiger partial charge in [0, 0.05) is 31.8 Å². The van der Waals surface area contributed by atoms with Gasteiger partial charge in [-0.2, -0.15) is 0 Å². The van der Waals surface area contributed by atoms with E-state index in [1.54, 1.807) is 12.1 Å². The number of carboxylic acid groups (broad SMARTS) is 2. The summed E-state index contributed by atoms with van der Waals surface area (Å²) in [5, 5.41) is 28.4. The second kappa shape index (κ2) is 14.1. The fraction of sp³-hybridized carbons (Fsp3) is 0.576. The monoisotopic (exact) mass is 750 g/mol. The summed E-state index contributed by atoms with van der Waals surface area (Å²) in [4.78, 5) is 79.7. The molecule has 2 aliphatic carbocycles. The number of halogens is 1. The van der Waals surface area contributed by atoms with Crippen LogP contribution in [0.15, 0.2) is 23.8 Å². The van der Waals surface area contributed by atoms with E-state index in [9.17, 15) is 33.9 Å². The molecule has 4 amide bonds. The van der Waals surface area contributed by atoms with Crippen LogP contribution in [0.3, 0.4) is 0 Å². The number of aliphatic carboxylic acids is 2.